The Bertz CT molecular complexity index is 783. The molecule has 124 valence electrons. The molecule has 0 unspecified atom stereocenters. The van der Waals surface area contributed by atoms with Gasteiger partial charge < -0.3 is 0 Å². The summed E-state index contributed by atoms with van der Waals surface area (Å²) < 4.78 is 26.9. The van der Waals surface area contributed by atoms with Crippen LogP contribution < -0.4 is 4.72 Å². The maximum absolute atomic E-state index is 12.3. The number of hydrogen-bond acceptors (Lipinski definition) is 5. The molecule has 0 fully saturated rings. The average molecular weight is 338 g/mol. The number of nitrogens with one attached hydrogen (secondary N) is 2. The Morgan fingerprint density at radius 1 is 1.35 bits per heavy atom. The molecular weight excluding hydrogens is 320 g/mol. The van der Waals surface area contributed by atoms with E-state index in [2.05, 4.69) is 21.8 Å². The number of benzene rings is 1. The molecule has 0 aliphatic carbocycles. The van der Waals surface area contributed by atoms with Gasteiger partial charge in [0.2, 0.25) is 0 Å². The molecule has 8 nitrogen and oxygen atoms in total. The van der Waals surface area contributed by atoms with E-state index in [1.54, 1.807) is 6.07 Å². The van der Waals surface area contributed by atoms with E-state index in [9.17, 15) is 18.5 Å². The molecule has 2 rings (SSSR count). The number of aromatic nitrogens is 2. The quantitative estimate of drug-likeness (QED) is 0.594. The summed E-state index contributed by atoms with van der Waals surface area (Å²) in [5, 5.41) is 17.4. The van der Waals surface area contributed by atoms with Gasteiger partial charge in [0.25, 0.3) is 15.7 Å². The van der Waals surface area contributed by atoms with Crippen molar-refractivity contribution < 1.29 is 13.3 Å². The van der Waals surface area contributed by atoms with Gasteiger partial charge in [-0.2, -0.15) is 5.10 Å². The van der Waals surface area contributed by atoms with Gasteiger partial charge in [0, 0.05) is 23.9 Å². The van der Waals surface area contributed by atoms with Crippen LogP contribution in [0.15, 0.2) is 35.2 Å². The minimum absolute atomic E-state index is 0.0609. The topological polar surface area (TPSA) is 118 Å². The minimum atomic E-state index is -3.84. The van der Waals surface area contributed by atoms with Crippen LogP contribution >= 0.6 is 0 Å². The first-order valence-corrected chi connectivity index (χ1v) is 8.64. The van der Waals surface area contributed by atoms with Crippen LogP contribution in [0.1, 0.15) is 38.3 Å². The molecule has 1 aromatic heterocycles. The maximum atomic E-state index is 12.3. The lowest BCUT2D eigenvalue weighted by molar-refractivity contribution is -0.384. The molecule has 23 heavy (non-hydrogen) atoms. The monoisotopic (exact) mass is 338 g/mol. The summed E-state index contributed by atoms with van der Waals surface area (Å²) in [6, 6.07) is 6.33. The van der Waals surface area contributed by atoms with Gasteiger partial charge in [-0.05, 0) is 24.5 Å². The van der Waals surface area contributed by atoms with E-state index in [-0.39, 0.29) is 22.3 Å². The molecule has 0 spiro atoms. The van der Waals surface area contributed by atoms with Crippen LogP contribution in [0, 0.1) is 10.1 Å². The highest BCUT2D eigenvalue weighted by molar-refractivity contribution is 7.92. The molecule has 0 saturated heterocycles. The van der Waals surface area contributed by atoms with Crippen molar-refractivity contribution in [3.05, 3.63) is 46.1 Å². The summed E-state index contributed by atoms with van der Waals surface area (Å²) in [6.07, 6.45) is 1.99. The van der Waals surface area contributed by atoms with E-state index in [0.29, 0.717) is 0 Å². The number of anilines is 1. The van der Waals surface area contributed by atoms with Gasteiger partial charge >= 0.3 is 0 Å². The van der Waals surface area contributed by atoms with Gasteiger partial charge in [-0.25, -0.2) is 8.42 Å². The number of H-pyrrole nitrogens is 1. The predicted octanol–water partition coefficient (Wildman–Crippen LogP) is 3.02. The van der Waals surface area contributed by atoms with E-state index < -0.39 is 14.9 Å². The Morgan fingerprint density at radius 2 is 2.00 bits per heavy atom. The average Bonchev–Trinajstić information content (AvgIpc) is 2.95. The zero-order chi connectivity index (χ0) is 17.0. The van der Waals surface area contributed by atoms with Crippen LogP contribution in [-0.2, 0) is 10.0 Å². The van der Waals surface area contributed by atoms with Crippen molar-refractivity contribution in [3.8, 4) is 0 Å². The Morgan fingerprint density at radius 3 is 2.57 bits per heavy atom. The zero-order valence-electron chi connectivity index (χ0n) is 12.8. The Balaban J connectivity index is 2.16. The highest BCUT2D eigenvalue weighted by atomic mass is 32.2. The van der Waals surface area contributed by atoms with E-state index in [0.717, 1.165) is 30.7 Å². The van der Waals surface area contributed by atoms with Crippen molar-refractivity contribution >= 4 is 21.5 Å². The molecule has 1 atom stereocenters. The van der Waals surface area contributed by atoms with Gasteiger partial charge in [0.15, 0.2) is 5.82 Å². The third-order valence-corrected chi connectivity index (χ3v) is 4.82. The van der Waals surface area contributed by atoms with Crippen LogP contribution in [0.5, 0.6) is 0 Å². The third kappa shape index (κ3) is 4.07. The van der Waals surface area contributed by atoms with Crippen molar-refractivity contribution in [2.75, 3.05) is 4.72 Å². The summed E-state index contributed by atoms with van der Waals surface area (Å²) in [6.45, 7) is 4.11. The van der Waals surface area contributed by atoms with Crippen molar-refractivity contribution in [2.24, 2.45) is 0 Å². The largest absolute Gasteiger partial charge is 0.280 e. The fourth-order valence-electron chi connectivity index (χ4n) is 2.17. The Labute approximate surface area is 134 Å². The third-order valence-electron chi connectivity index (χ3n) is 3.45. The molecule has 0 aliphatic rings. The van der Waals surface area contributed by atoms with Crippen LogP contribution in [-0.4, -0.2) is 23.5 Å². The van der Waals surface area contributed by atoms with E-state index in [1.165, 1.54) is 12.1 Å². The van der Waals surface area contributed by atoms with E-state index in [4.69, 9.17) is 0 Å². The lowest BCUT2D eigenvalue weighted by atomic mass is 10.0. The van der Waals surface area contributed by atoms with Gasteiger partial charge in [-0.15, -0.1) is 0 Å². The maximum Gasteiger partial charge on any atom is 0.269 e. The Kier molecular flexibility index (Phi) is 4.99. The van der Waals surface area contributed by atoms with Gasteiger partial charge in [0.05, 0.1) is 9.82 Å². The smallest absolute Gasteiger partial charge is 0.269 e. The van der Waals surface area contributed by atoms with Crippen LogP contribution in [0.4, 0.5) is 11.5 Å². The molecular formula is C14H18N4O4S. The lowest BCUT2D eigenvalue weighted by Gasteiger charge is -2.06. The fraction of sp³-hybridized carbons (Fsp3) is 0.357. The lowest BCUT2D eigenvalue weighted by Crippen LogP contribution is -2.13. The molecule has 9 heteroatoms. The van der Waals surface area contributed by atoms with Gasteiger partial charge in [0.1, 0.15) is 0 Å². The number of rotatable bonds is 7. The number of nitrogens with zero attached hydrogens (tertiary/aromatic N) is 2. The molecule has 0 saturated carbocycles. The molecule has 2 aromatic rings. The Hall–Kier alpha value is -2.42. The van der Waals surface area contributed by atoms with E-state index >= 15 is 0 Å². The summed E-state index contributed by atoms with van der Waals surface area (Å²) in [7, 11) is -3.84. The van der Waals surface area contributed by atoms with Gasteiger partial charge in [-0.1, -0.05) is 20.3 Å². The number of aromatic amines is 1. The van der Waals surface area contributed by atoms with Crippen molar-refractivity contribution in [3.63, 3.8) is 0 Å². The minimum Gasteiger partial charge on any atom is -0.280 e. The molecule has 1 aromatic carbocycles. The summed E-state index contributed by atoms with van der Waals surface area (Å²) >= 11 is 0. The van der Waals surface area contributed by atoms with Crippen molar-refractivity contribution in [2.45, 2.75) is 37.5 Å². The number of nitro groups is 1. The van der Waals surface area contributed by atoms with Crippen LogP contribution in [0.3, 0.4) is 0 Å². The molecule has 0 bridgehead atoms. The second-order valence-electron chi connectivity index (χ2n) is 5.25. The normalized spacial score (nSPS) is 12.8. The first-order valence-electron chi connectivity index (χ1n) is 7.16. The number of non-ortho nitro benzene ring substituents is 1. The van der Waals surface area contributed by atoms with E-state index in [1.807, 2.05) is 6.92 Å². The highest BCUT2D eigenvalue weighted by Gasteiger charge is 2.18. The number of hydrogen-bond donors (Lipinski definition) is 2. The first kappa shape index (κ1) is 16.9. The van der Waals surface area contributed by atoms with Gasteiger partial charge in [-0.3, -0.25) is 19.9 Å². The van der Waals surface area contributed by atoms with Crippen LogP contribution in [0.2, 0.25) is 0 Å². The summed E-state index contributed by atoms with van der Waals surface area (Å²) in [4.78, 5) is 9.95. The second kappa shape index (κ2) is 6.78. The number of sulfonamides is 1. The molecule has 0 radical (unpaired) electrons. The van der Waals surface area contributed by atoms with Crippen molar-refractivity contribution in [1.82, 2.24) is 10.2 Å². The standard InChI is InChI=1S/C14H18N4O4S/c1-3-4-10(2)13-9-14(16-15-13)17-23(21,22)12-7-5-11(6-8-12)18(19)20/h5-10H,3-4H2,1-2H3,(H2,15,16,17)/t10-/m1/s1. The van der Waals surface area contributed by atoms with Crippen molar-refractivity contribution in [1.29, 1.82) is 0 Å². The van der Waals surface area contributed by atoms with Crippen LogP contribution in [0.25, 0.3) is 0 Å². The molecule has 2 N–H and O–H groups in total. The summed E-state index contributed by atoms with van der Waals surface area (Å²) in [5.74, 6) is 0.450. The molecule has 0 aliphatic heterocycles. The predicted molar refractivity (Wildman–Crippen MR) is 85.8 cm³/mol. The number of nitro benzene ring substituents is 1. The first-order chi connectivity index (χ1) is 10.8. The SMILES string of the molecule is CCC[C@@H](C)c1cc(NS(=O)(=O)c2ccc([N+](=O)[O-])cc2)n[nH]1. The summed E-state index contributed by atoms with van der Waals surface area (Å²) in [5.41, 5.74) is 0.688. The molecule has 0 amide bonds. The second-order valence-corrected chi connectivity index (χ2v) is 6.94. The fourth-order valence-corrected chi connectivity index (χ4v) is 3.17. The highest BCUT2D eigenvalue weighted by Crippen LogP contribution is 2.23. The molecule has 1 heterocycles. The zero-order valence-corrected chi connectivity index (χ0v) is 13.6.